The summed E-state index contributed by atoms with van der Waals surface area (Å²) in [6, 6.07) is 15.1. The van der Waals surface area contributed by atoms with Crippen LogP contribution in [0.5, 0.6) is 0 Å². The van der Waals surface area contributed by atoms with Crippen LogP contribution in [0.1, 0.15) is 6.42 Å². The van der Waals surface area contributed by atoms with Crippen LogP contribution in [0.15, 0.2) is 42.5 Å². The quantitative estimate of drug-likeness (QED) is 0.667. The molecule has 1 saturated heterocycles. The summed E-state index contributed by atoms with van der Waals surface area (Å²) in [5.74, 6) is 0. The van der Waals surface area contributed by atoms with Crippen LogP contribution in [0.25, 0.3) is 21.8 Å². The van der Waals surface area contributed by atoms with Gasteiger partial charge in [-0.1, -0.05) is 30.3 Å². The van der Waals surface area contributed by atoms with Gasteiger partial charge in [0, 0.05) is 29.4 Å². The SMILES string of the molecule is c1ccc2c(c1)[nH]c1c(N3CCC3)cccc12. The molecule has 2 heteroatoms. The molecule has 2 aromatic carbocycles. The van der Waals surface area contributed by atoms with E-state index >= 15 is 0 Å². The van der Waals surface area contributed by atoms with Crippen molar-refractivity contribution in [3.8, 4) is 0 Å². The molecule has 0 saturated carbocycles. The second-order valence-electron chi connectivity index (χ2n) is 4.71. The number of nitrogens with one attached hydrogen (secondary N) is 1. The molecule has 3 aromatic rings. The van der Waals surface area contributed by atoms with Gasteiger partial charge in [-0.05, 0) is 18.6 Å². The van der Waals surface area contributed by atoms with Crippen molar-refractivity contribution >= 4 is 27.5 Å². The third-order valence-electron chi connectivity index (χ3n) is 3.72. The summed E-state index contributed by atoms with van der Waals surface area (Å²) in [6.45, 7) is 2.38. The normalized spacial score (nSPS) is 15.4. The number of fused-ring (bicyclic) bond motifs is 3. The molecule has 0 amide bonds. The first-order valence-corrected chi connectivity index (χ1v) is 6.18. The fraction of sp³-hybridized carbons (Fsp3) is 0.200. The Labute approximate surface area is 99.9 Å². The second kappa shape index (κ2) is 3.27. The molecule has 0 bridgehead atoms. The Morgan fingerprint density at radius 1 is 0.882 bits per heavy atom. The standard InChI is InChI=1S/C15H14N2/c1-2-7-13-11(5-1)12-6-3-8-14(15(12)16-13)17-9-4-10-17/h1-3,5-8,16H,4,9-10H2. The Morgan fingerprint density at radius 2 is 1.71 bits per heavy atom. The molecule has 1 N–H and O–H groups in total. The minimum atomic E-state index is 1.19. The Hall–Kier alpha value is -1.96. The Morgan fingerprint density at radius 3 is 2.53 bits per heavy atom. The van der Waals surface area contributed by atoms with Crippen LogP contribution in [0.4, 0.5) is 5.69 Å². The Bertz CT molecular complexity index is 692. The molecule has 0 unspecified atom stereocenters. The van der Waals surface area contributed by atoms with Crippen LogP contribution < -0.4 is 4.90 Å². The highest BCUT2D eigenvalue weighted by atomic mass is 15.2. The monoisotopic (exact) mass is 222 g/mol. The van der Waals surface area contributed by atoms with Gasteiger partial charge in [0.1, 0.15) is 0 Å². The van der Waals surface area contributed by atoms with Crippen molar-refractivity contribution in [3.05, 3.63) is 42.5 Å². The van der Waals surface area contributed by atoms with Gasteiger partial charge in [-0.25, -0.2) is 0 Å². The lowest BCUT2D eigenvalue weighted by Crippen LogP contribution is -2.37. The van der Waals surface area contributed by atoms with Crippen LogP contribution in [-0.2, 0) is 0 Å². The lowest BCUT2D eigenvalue weighted by atomic mass is 10.1. The zero-order valence-electron chi connectivity index (χ0n) is 9.61. The first-order valence-electron chi connectivity index (χ1n) is 6.18. The molecule has 0 radical (unpaired) electrons. The Kier molecular flexibility index (Phi) is 1.75. The molecule has 4 rings (SSSR count). The van der Waals surface area contributed by atoms with Gasteiger partial charge < -0.3 is 9.88 Å². The third kappa shape index (κ3) is 1.21. The van der Waals surface area contributed by atoms with E-state index in [1.165, 1.54) is 47.0 Å². The van der Waals surface area contributed by atoms with E-state index in [4.69, 9.17) is 0 Å². The van der Waals surface area contributed by atoms with Gasteiger partial charge in [-0.2, -0.15) is 0 Å². The zero-order chi connectivity index (χ0) is 11.2. The first-order chi connectivity index (χ1) is 8.43. The molecule has 1 fully saturated rings. The Balaban J connectivity index is 2.08. The summed E-state index contributed by atoms with van der Waals surface area (Å²) in [7, 11) is 0. The van der Waals surface area contributed by atoms with Gasteiger partial charge in [-0.15, -0.1) is 0 Å². The first kappa shape index (κ1) is 9.11. The maximum Gasteiger partial charge on any atom is 0.0702 e. The summed E-state index contributed by atoms with van der Waals surface area (Å²) >= 11 is 0. The van der Waals surface area contributed by atoms with Crippen LogP contribution >= 0.6 is 0 Å². The number of anilines is 1. The van der Waals surface area contributed by atoms with E-state index in [9.17, 15) is 0 Å². The number of aromatic nitrogens is 1. The van der Waals surface area contributed by atoms with E-state index in [1.54, 1.807) is 0 Å². The molecule has 0 spiro atoms. The smallest absolute Gasteiger partial charge is 0.0702 e. The van der Waals surface area contributed by atoms with E-state index in [1.807, 2.05) is 0 Å². The molecule has 1 aliphatic rings. The maximum atomic E-state index is 3.55. The fourth-order valence-corrected chi connectivity index (χ4v) is 2.68. The van der Waals surface area contributed by atoms with Crippen molar-refractivity contribution in [2.45, 2.75) is 6.42 Å². The van der Waals surface area contributed by atoms with Gasteiger partial charge in [0.2, 0.25) is 0 Å². The largest absolute Gasteiger partial charge is 0.370 e. The van der Waals surface area contributed by atoms with E-state index in [0.29, 0.717) is 0 Å². The summed E-state index contributed by atoms with van der Waals surface area (Å²) < 4.78 is 0. The summed E-state index contributed by atoms with van der Waals surface area (Å²) in [4.78, 5) is 6.00. The van der Waals surface area contributed by atoms with Crippen molar-refractivity contribution in [1.29, 1.82) is 0 Å². The number of nitrogens with zero attached hydrogens (tertiary/aromatic N) is 1. The summed E-state index contributed by atoms with van der Waals surface area (Å²) in [6.07, 6.45) is 1.32. The van der Waals surface area contributed by atoms with Gasteiger partial charge in [0.05, 0.1) is 11.2 Å². The van der Waals surface area contributed by atoms with E-state index < -0.39 is 0 Å². The lowest BCUT2D eigenvalue weighted by molar-refractivity contribution is 0.619. The van der Waals surface area contributed by atoms with Gasteiger partial charge in [-0.3, -0.25) is 0 Å². The number of hydrogen-bond acceptors (Lipinski definition) is 1. The molecule has 0 aliphatic carbocycles. The topological polar surface area (TPSA) is 19.0 Å². The minimum Gasteiger partial charge on any atom is -0.370 e. The van der Waals surface area contributed by atoms with E-state index in [2.05, 4.69) is 52.3 Å². The van der Waals surface area contributed by atoms with Crippen LogP contribution in [0.3, 0.4) is 0 Å². The number of H-pyrrole nitrogens is 1. The number of hydrogen-bond donors (Lipinski definition) is 1. The molecule has 2 nitrogen and oxygen atoms in total. The van der Waals surface area contributed by atoms with Crippen LogP contribution in [0, 0.1) is 0 Å². The van der Waals surface area contributed by atoms with Gasteiger partial charge in [0.15, 0.2) is 0 Å². The maximum absolute atomic E-state index is 3.55. The van der Waals surface area contributed by atoms with Crippen molar-refractivity contribution in [2.24, 2.45) is 0 Å². The predicted molar refractivity (Wildman–Crippen MR) is 72.6 cm³/mol. The minimum absolute atomic E-state index is 1.19. The highest BCUT2D eigenvalue weighted by molar-refractivity contribution is 6.11. The van der Waals surface area contributed by atoms with Gasteiger partial charge >= 0.3 is 0 Å². The molecule has 1 aromatic heterocycles. The fourth-order valence-electron chi connectivity index (χ4n) is 2.68. The highest BCUT2D eigenvalue weighted by Crippen LogP contribution is 2.33. The summed E-state index contributed by atoms with van der Waals surface area (Å²) in [5.41, 5.74) is 3.87. The summed E-state index contributed by atoms with van der Waals surface area (Å²) in [5, 5.41) is 2.66. The molecule has 2 heterocycles. The lowest BCUT2D eigenvalue weighted by Gasteiger charge is -2.33. The highest BCUT2D eigenvalue weighted by Gasteiger charge is 2.18. The number of aromatic amines is 1. The van der Waals surface area contributed by atoms with Crippen molar-refractivity contribution in [3.63, 3.8) is 0 Å². The van der Waals surface area contributed by atoms with Crippen LogP contribution in [-0.4, -0.2) is 18.1 Å². The predicted octanol–water partition coefficient (Wildman–Crippen LogP) is 3.53. The molecular weight excluding hydrogens is 208 g/mol. The van der Waals surface area contributed by atoms with Crippen molar-refractivity contribution in [2.75, 3.05) is 18.0 Å². The average Bonchev–Trinajstić information content (AvgIpc) is 2.67. The van der Waals surface area contributed by atoms with E-state index in [0.717, 1.165) is 0 Å². The zero-order valence-corrected chi connectivity index (χ0v) is 9.61. The number of para-hydroxylation sites is 2. The average molecular weight is 222 g/mol. The van der Waals surface area contributed by atoms with Gasteiger partial charge in [0.25, 0.3) is 0 Å². The molecule has 17 heavy (non-hydrogen) atoms. The van der Waals surface area contributed by atoms with Crippen molar-refractivity contribution in [1.82, 2.24) is 4.98 Å². The second-order valence-corrected chi connectivity index (χ2v) is 4.71. The molecule has 1 aliphatic heterocycles. The molecule has 0 atom stereocenters. The molecular formula is C15H14N2. The number of benzene rings is 2. The third-order valence-corrected chi connectivity index (χ3v) is 3.72. The number of rotatable bonds is 1. The van der Waals surface area contributed by atoms with Crippen molar-refractivity contribution < 1.29 is 0 Å². The molecule has 84 valence electrons. The van der Waals surface area contributed by atoms with Crippen LogP contribution in [0.2, 0.25) is 0 Å². The van der Waals surface area contributed by atoms with E-state index in [-0.39, 0.29) is 0 Å².